The Kier molecular flexibility index (Phi) is 7.22. The maximum atomic E-state index is 14.1. The van der Waals surface area contributed by atoms with Crippen molar-refractivity contribution in [2.75, 3.05) is 13.1 Å². The number of amides is 2. The zero-order chi connectivity index (χ0) is 23.5. The predicted molar refractivity (Wildman–Crippen MR) is 123 cm³/mol. The lowest BCUT2D eigenvalue weighted by Gasteiger charge is -2.41. The molecular formula is C26H33FN2O3. The van der Waals surface area contributed by atoms with E-state index < -0.39 is 17.6 Å². The smallest absolute Gasteiger partial charge is 0.260 e. The number of ether oxygens (including phenoxy) is 1. The third-order valence-corrected chi connectivity index (χ3v) is 5.64. The van der Waals surface area contributed by atoms with E-state index >= 15 is 0 Å². The monoisotopic (exact) mass is 440 g/mol. The molecule has 0 aromatic heterocycles. The number of rotatable bonds is 6. The summed E-state index contributed by atoms with van der Waals surface area (Å²) in [7, 11) is 0. The Bertz CT molecular complexity index is 983. The van der Waals surface area contributed by atoms with Crippen LogP contribution in [0.2, 0.25) is 0 Å². The summed E-state index contributed by atoms with van der Waals surface area (Å²) in [4.78, 5) is 27.4. The van der Waals surface area contributed by atoms with Gasteiger partial charge in [0.2, 0.25) is 5.91 Å². The average molecular weight is 441 g/mol. The lowest BCUT2D eigenvalue weighted by atomic mass is 9.85. The largest absolute Gasteiger partial charge is 0.481 e. The molecule has 5 nitrogen and oxygen atoms in total. The van der Waals surface area contributed by atoms with Crippen molar-refractivity contribution in [3.8, 4) is 5.75 Å². The molecule has 0 radical (unpaired) electrons. The summed E-state index contributed by atoms with van der Waals surface area (Å²) in [5.41, 5.74) is 2.14. The first-order chi connectivity index (χ1) is 15.1. The van der Waals surface area contributed by atoms with Crippen LogP contribution in [0.15, 0.2) is 42.5 Å². The van der Waals surface area contributed by atoms with E-state index in [0.717, 1.165) is 23.1 Å². The van der Waals surface area contributed by atoms with Gasteiger partial charge < -0.3 is 15.0 Å². The van der Waals surface area contributed by atoms with Gasteiger partial charge in [0, 0.05) is 18.5 Å². The van der Waals surface area contributed by atoms with Gasteiger partial charge >= 0.3 is 0 Å². The highest BCUT2D eigenvalue weighted by molar-refractivity contribution is 5.83. The zero-order valence-corrected chi connectivity index (χ0v) is 19.6. The number of fused-ring (bicyclic) bond motifs is 1. The first kappa shape index (κ1) is 23.8. The quantitative estimate of drug-likeness (QED) is 0.712. The summed E-state index contributed by atoms with van der Waals surface area (Å²) in [5, 5.41) is 2.84. The first-order valence-corrected chi connectivity index (χ1v) is 11.3. The van der Waals surface area contributed by atoms with Gasteiger partial charge in [0.25, 0.3) is 5.91 Å². The molecule has 2 amide bonds. The van der Waals surface area contributed by atoms with Crippen LogP contribution in [-0.4, -0.2) is 35.9 Å². The maximum absolute atomic E-state index is 14.1. The van der Waals surface area contributed by atoms with Crippen LogP contribution in [0.1, 0.15) is 63.8 Å². The van der Waals surface area contributed by atoms with Crippen molar-refractivity contribution < 1.29 is 18.7 Å². The highest BCUT2D eigenvalue weighted by Gasteiger charge is 2.37. The second-order valence-electron chi connectivity index (χ2n) is 9.37. The molecule has 32 heavy (non-hydrogen) atoms. The maximum Gasteiger partial charge on any atom is 0.260 e. The Morgan fingerprint density at radius 2 is 1.97 bits per heavy atom. The molecule has 2 aromatic carbocycles. The summed E-state index contributed by atoms with van der Waals surface area (Å²) >= 11 is 0. The fraction of sp³-hybridized carbons (Fsp3) is 0.462. The minimum absolute atomic E-state index is 0.0102. The fourth-order valence-corrected chi connectivity index (χ4v) is 4.00. The molecule has 2 atom stereocenters. The average Bonchev–Trinajstić information content (AvgIpc) is 2.75. The number of nitrogens with one attached hydrogen (secondary N) is 1. The van der Waals surface area contributed by atoms with Gasteiger partial charge in [-0.2, -0.15) is 0 Å². The van der Waals surface area contributed by atoms with Crippen LogP contribution in [0.25, 0.3) is 0 Å². The third-order valence-electron chi connectivity index (χ3n) is 5.64. The SMILES string of the molecule is CCCNC(=O)C(C)Oc1ccc2c(c1)C(c1cccc(F)c1)N(C(=O)C(C)(C)C)CC2. The molecule has 1 heterocycles. The van der Waals surface area contributed by atoms with Crippen LogP contribution < -0.4 is 10.1 Å². The van der Waals surface area contributed by atoms with Crippen LogP contribution >= 0.6 is 0 Å². The Labute approximate surface area is 190 Å². The standard InChI is InChI=1S/C26H33FN2O3/c1-6-13-28-24(30)17(2)32-21-11-10-18-12-14-29(25(31)26(3,4)5)23(22(18)16-21)19-8-7-9-20(27)15-19/h7-11,15-17,23H,6,12-14H2,1-5H3,(H,28,30). The molecule has 0 saturated carbocycles. The summed E-state index contributed by atoms with van der Waals surface area (Å²) < 4.78 is 20.1. The van der Waals surface area contributed by atoms with Crippen molar-refractivity contribution in [2.24, 2.45) is 5.41 Å². The number of carbonyl (C=O) groups excluding carboxylic acids is 2. The van der Waals surface area contributed by atoms with Gasteiger partial charge in [-0.3, -0.25) is 9.59 Å². The lowest BCUT2D eigenvalue weighted by Crippen LogP contribution is -2.45. The van der Waals surface area contributed by atoms with Crippen LogP contribution in [0.5, 0.6) is 5.75 Å². The van der Waals surface area contributed by atoms with Gasteiger partial charge in [-0.05, 0) is 60.7 Å². The highest BCUT2D eigenvalue weighted by atomic mass is 19.1. The van der Waals surface area contributed by atoms with E-state index in [4.69, 9.17) is 4.74 Å². The van der Waals surface area contributed by atoms with Crippen LogP contribution in [0, 0.1) is 11.2 Å². The molecule has 6 heteroatoms. The topological polar surface area (TPSA) is 58.6 Å². The van der Waals surface area contributed by atoms with E-state index in [1.807, 2.05) is 56.9 Å². The van der Waals surface area contributed by atoms with Gasteiger partial charge in [0.05, 0.1) is 6.04 Å². The number of halogens is 1. The van der Waals surface area contributed by atoms with Crippen LogP contribution in [0.3, 0.4) is 0 Å². The number of carbonyl (C=O) groups is 2. The number of benzene rings is 2. The molecule has 0 spiro atoms. The van der Waals surface area contributed by atoms with E-state index in [1.54, 1.807) is 13.0 Å². The van der Waals surface area contributed by atoms with Crippen molar-refractivity contribution in [3.63, 3.8) is 0 Å². The molecule has 0 fully saturated rings. The molecule has 1 aliphatic heterocycles. The normalized spacial score (nSPS) is 16.8. The van der Waals surface area contributed by atoms with E-state index in [-0.39, 0.29) is 17.6 Å². The number of hydrogen-bond donors (Lipinski definition) is 1. The molecule has 0 bridgehead atoms. The first-order valence-electron chi connectivity index (χ1n) is 11.3. The Morgan fingerprint density at radius 3 is 2.62 bits per heavy atom. The Hall–Kier alpha value is -2.89. The summed E-state index contributed by atoms with van der Waals surface area (Å²) in [6.07, 6.45) is 0.906. The zero-order valence-electron chi connectivity index (χ0n) is 19.6. The van der Waals surface area contributed by atoms with E-state index in [1.165, 1.54) is 12.1 Å². The van der Waals surface area contributed by atoms with Gasteiger partial charge in [-0.15, -0.1) is 0 Å². The molecule has 0 saturated heterocycles. The Morgan fingerprint density at radius 1 is 1.22 bits per heavy atom. The second-order valence-corrected chi connectivity index (χ2v) is 9.37. The van der Waals surface area contributed by atoms with Crippen molar-refractivity contribution in [1.82, 2.24) is 10.2 Å². The van der Waals surface area contributed by atoms with Gasteiger partial charge in [-0.1, -0.05) is 45.9 Å². The summed E-state index contributed by atoms with van der Waals surface area (Å²) in [6, 6.07) is 11.7. The van der Waals surface area contributed by atoms with Gasteiger partial charge in [0.15, 0.2) is 6.10 Å². The van der Waals surface area contributed by atoms with E-state index in [2.05, 4.69) is 5.32 Å². The van der Waals surface area contributed by atoms with E-state index in [9.17, 15) is 14.0 Å². The Balaban J connectivity index is 1.99. The molecule has 1 N–H and O–H groups in total. The third kappa shape index (κ3) is 5.29. The number of nitrogens with zero attached hydrogens (tertiary/aromatic N) is 1. The summed E-state index contributed by atoms with van der Waals surface area (Å²) in [5.74, 6) is 0.0487. The molecule has 172 valence electrons. The van der Waals surface area contributed by atoms with Crippen molar-refractivity contribution in [1.29, 1.82) is 0 Å². The van der Waals surface area contributed by atoms with Gasteiger partial charge in [-0.25, -0.2) is 4.39 Å². The number of hydrogen-bond acceptors (Lipinski definition) is 3. The minimum Gasteiger partial charge on any atom is -0.481 e. The summed E-state index contributed by atoms with van der Waals surface area (Å²) in [6.45, 7) is 10.5. The van der Waals surface area contributed by atoms with Crippen molar-refractivity contribution in [2.45, 2.75) is 59.6 Å². The molecule has 2 aromatic rings. The molecule has 3 rings (SSSR count). The second kappa shape index (κ2) is 9.72. The van der Waals surface area contributed by atoms with Crippen LogP contribution in [-0.2, 0) is 16.0 Å². The minimum atomic E-state index is -0.650. The van der Waals surface area contributed by atoms with E-state index in [0.29, 0.717) is 25.3 Å². The van der Waals surface area contributed by atoms with Crippen molar-refractivity contribution in [3.05, 3.63) is 65.0 Å². The lowest BCUT2D eigenvalue weighted by molar-refractivity contribution is -0.141. The molecule has 1 aliphatic rings. The van der Waals surface area contributed by atoms with Crippen molar-refractivity contribution >= 4 is 11.8 Å². The van der Waals surface area contributed by atoms with Crippen LogP contribution in [0.4, 0.5) is 4.39 Å². The fourth-order valence-electron chi connectivity index (χ4n) is 4.00. The van der Waals surface area contributed by atoms with Gasteiger partial charge in [0.1, 0.15) is 11.6 Å². The highest BCUT2D eigenvalue weighted by Crippen LogP contribution is 2.39. The molecular weight excluding hydrogens is 407 g/mol. The predicted octanol–water partition coefficient (Wildman–Crippen LogP) is 4.64. The molecule has 2 unspecified atom stereocenters. The molecule has 0 aliphatic carbocycles.